The van der Waals surface area contributed by atoms with Gasteiger partial charge in [-0.1, -0.05) is 15.9 Å². The van der Waals surface area contributed by atoms with Crippen LogP contribution in [-0.4, -0.2) is 43.5 Å². The fraction of sp³-hybridized carbons (Fsp3) is 0.625. The van der Waals surface area contributed by atoms with Crippen molar-refractivity contribution in [1.82, 2.24) is 14.7 Å². The second-order valence-corrected chi connectivity index (χ2v) is 5.64. The van der Waals surface area contributed by atoms with E-state index in [2.05, 4.69) is 30.6 Å². The first kappa shape index (κ1) is 13.6. The number of imidazole rings is 1. The molecule has 0 spiro atoms. The first-order valence-corrected chi connectivity index (χ1v) is 7.26. The smallest absolute Gasteiger partial charge is 0.257 e. The minimum absolute atomic E-state index is 0.0585. The number of halogens is 1. The molecule has 0 amide bonds. The predicted molar refractivity (Wildman–Crippen MR) is 63.0 cm³/mol. The summed E-state index contributed by atoms with van der Waals surface area (Å²) < 4.78 is 31.1. The molecule has 8 heteroatoms. The SMILES string of the molecule is COCC(CCBr)NS(=O)(=O)c1cnc[nH]1. The van der Waals surface area contributed by atoms with Gasteiger partial charge in [0.25, 0.3) is 10.0 Å². The molecule has 0 aliphatic carbocycles. The molecule has 2 N–H and O–H groups in total. The number of hydrogen-bond acceptors (Lipinski definition) is 4. The van der Waals surface area contributed by atoms with Crippen molar-refractivity contribution in [3.05, 3.63) is 12.5 Å². The normalized spacial score (nSPS) is 13.9. The molecule has 16 heavy (non-hydrogen) atoms. The van der Waals surface area contributed by atoms with Gasteiger partial charge in [-0.15, -0.1) is 0 Å². The number of ether oxygens (including phenoxy) is 1. The molecule has 1 aromatic rings. The zero-order valence-corrected chi connectivity index (χ0v) is 11.2. The molecule has 1 atom stereocenters. The maximum atomic E-state index is 11.8. The van der Waals surface area contributed by atoms with Crippen LogP contribution in [0.5, 0.6) is 0 Å². The van der Waals surface area contributed by atoms with E-state index in [1.54, 1.807) is 0 Å². The summed E-state index contributed by atoms with van der Waals surface area (Å²) in [6.07, 6.45) is 3.24. The maximum absolute atomic E-state index is 11.8. The molecular weight excluding hydrogens is 298 g/mol. The molecule has 92 valence electrons. The Labute approximate surface area is 103 Å². The first-order valence-electron chi connectivity index (χ1n) is 4.65. The van der Waals surface area contributed by atoms with E-state index in [1.165, 1.54) is 19.6 Å². The maximum Gasteiger partial charge on any atom is 0.257 e. The summed E-state index contributed by atoms with van der Waals surface area (Å²) >= 11 is 3.27. The van der Waals surface area contributed by atoms with Crippen LogP contribution in [0.2, 0.25) is 0 Å². The van der Waals surface area contributed by atoms with Gasteiger partial charge < -0.3 is 9.72 Å². The molecule has 0 saturated carbocycles. The van der Waals surface area contributed by atoms with Crippen LogP contribution in [0.25, 0.3) is 0 Å². The number of H-pyrrole nitrogens is 1. The molecule has 0 aliphatic heterocycles. The van der Waals surface area contributed by atoms with Gasteiger partial charge in [0.05, 0.1) is 19.1 Å². The number of rotatable bonds is 7. The third-order valence-electron chi connectivity index (χ3n) is 1.91. The second-order valence-electron chi connectivity index (χ2n) is 3.17. The largest absolute Gasteiger partial charge is 0.383 e. The van der Waals surface area contributed by atoms with Gasteiger partial charge in [-0.2, -0.15) is 0 Å². The summed E-state index contributed by atoms with van der Waals surface area (Å²) in [5.74, 6) is 0. The standard InChI is InChI=1S/C8H14BrN3O3S/c1-15-5-7(2-3-9)12-16(13,14)8-4-10-6-11-8/h4,6-7,12H,2-3,5H2,1H3,(H,10,11). The van der Waals surface area contributed by atoms with Crippen LogP contribution < -0.4 is 4.72 Å². The quantitative estimate of drug-likeness (QED) is 0.718. The van der Waals surface area contributed by atoms with Crippen LogP contribution in [0.1, 0.15) is 6.42 Å². The number of methoxy groups -OCH3 is 1. The Balaban J connectivity index is 2.70. The van der Waals surface area contributed by atoms with E-state index in [4.69, 9.17) is 4.74 Å². The van der Waals surface area contributed by atoms with E-state index < -0.39 is 10.0 Å². The van der Waals surface area contributed by atoms with E-state index in [0.29, 0.717) is 18.4 Å². The summed E-state index contributed by atoms with van der Waals surface area (Å²) in [7, 11) is -2.00. The number of aromatic nitrogens is 2. The molecular formula is C8H14BrN3O3S. The summed E-state index contributed by atoms with van der Waals surface area (Å²) in [6.45, 7) is 0.332. The Kier molecular flexibility index (Phi) is 5.39. The van der Waals surface area contributed by atoms with Crippen molar-refractivity contribution >= 4 is 26.0 Å². The number of nitrogens with zero attached hydrogens (tertiary/aromatic N) is 1. The summed E-state index contributed by atoms with van der Waals surface area (Å²) in [5, 5.41) is 0.759. The highest BCUT2D eigenvalue weighted by molar-refractivity contribution is 9.09. The molecule has 1 unspecified atom stereocenters. The van der Waals surface area contributed by atoms with Gasteiger partial charge in [0.15, 0.2) is 5.03 Å². The van der Waals surface area contributed by atoms with Crippen LogP contribution in [0, 0.1) is 0 Å². The van der Waals surface area contributed by atoms with E-state index in [1.807, 2.05) is 0 Å². The van der Waals surface area contributed by atoms with Crippen molar-refractivity contribution in [2.45, 2.75) is 17.5 Å². The topological polar surface area (TPSA) is 84.1 Å². The van der Waals surface area contributed by atoms with Gasteiger partial charge in [-0.3, -0.25) is 0 Å². The fourth-order valence-corrected chi connectivity index (χ4v) is 2.89. The van der Waals surface area contributed by atoms with Crippen LogP contribution in [0.3, 0.4) is 0 Å². The van der Waals surface area contributed by atoms with Crippen LogP contribution in [0.15, 0.2) is 17.6 Å². The Hall–Kier alpha value is -0.440. The number of aromatic amines is 1. The summed E-state index contributed by atoms with van der Waals surface area (Å²) in [5.41, 5.74) is 0. The highest BCUT2D eigenvalue weighted by Crippen LogP contribution is 2.06. The minimum atomic E-state index is -3.53. The number of alkyl halides is 1. The minimum Gasteiger partial charge on any atom is -0.383 e. The lowest BCUT2D eigenvalue weighted by atomic mass is 10.3. The van der Waals surface area contributed by atoms with E-state index in [9.17, 15) is 8.42 Å². The second kappa shape index (κ2) is 6.33. The Morgan fingerprint density at radius 3 is 2.94 bits per heavy atom. The predicted octanol–water partition coefficient (Wildman–Crippen LogP) is 0.488. The third-order valence-corrected chi connectivity index (χ3v) is 3.81. The lowest BCUT2D eigenvalue weighted by Crippen LogP contribution is -2.38. The van der Waals surface area contributed by atoms with Gasteiger partial charge in [-0.25, -0.2) is 18.1 Å². The zero-order chi connectivity index (χ0) is 12.0. The fourth-order valence-electron chi connectivity index (χ4n) is 1.18. The first-order chi connectivity index (χ1) is 7.60. The zero-order valence-electron chi connectivity index (χ0n) is 8.81. The van der Waals surface area contributed by atoms with Gasteiger partial charge in [0, 0.05) is 18.5 Å². The van der Waals surface area contributed by atoms with E-state index in [0.717, 1.165) is 0 Å². The van der Waals surface area contributed by atoms with Crippen molar-refractivity contribution < 1.29 is 13.2 Å². The van der Waals surface area contributed by atoms with Gasteiger partial charge in [-0.05, 0) is 6.42 Å². The molecule has 0 radical (unpaired) electrons. The molecule has 0 aromatic carbocycles. The van der Waals surface area contributed by atoms with Gasteiger partial charge in [0.2, 0.25) is 0 Å². The van der Waals surface area contributed by atoms with Crippen LogP contribution in [-0.2, 0) is 14.8 Å². The van der Waals surface area contributed by atoms with Crippen molar-refractivity contribution in [2.75, 3.05) is 19.0 Å². The van der Waals surface area contributed by atoms with E-state index in [-0.39, 0.29) is 11.1 Å². The molecule has 0 saturated heterocycles. The van der Waals surface area contributed by atoms with Crippen LogP contribution >= 0.6 is 15.9 Å². The number of hydrogen-bond donors (Lipinski definition) is 2. The lowest BCUT2D eigenvalue weighted by Gasteiger charge is -2.15. The van der Waals surface area contributed by atoms with Gasteiger partial charge in [0.1, 0.15) is 0 Å². The molecule has 0 aliphatic rings. The number of nitrogens with one attached hydrogen (secondary N) is 2. The Morgan fingerprint density at radius 2 is 2.44 bits per heavy atom. The van der Waals surface area contributed by atoms with Crippen molar-refractivity contribution in [3.63, 3.8) is 0 Å². The Bertz CT molecular complexity index is 387. The highest BCUT2D eigenvalue weighted by Gasteiger charge is 2.20. The third kappa shape index (κ3) is 3.85. The average Bonchev–Trinajstić information content (AvgIpc) is 2.71. The molecule has 6 nitrogen and oxygen atoms in total. The summed E-state index contributed by atoms with van der Waals surface area (Å²) in [4.78, 5) is 6.23. The molecule has 1 rings (SSSR count). The van der Waals surface area contributed by atoms with Crippen LogP contribution in [0.4, 0.5) is 0 Å². The highest BCUT2D eigenvalue weighted by atomic mass is 79.9. The van der Waals surface area contributed by atoms with Crippen molar-refractivity contribution in [2.24, 2.45) is 0 Å². The molecule has 1 heterocycles. The lowest BCUT2D eigenvalue weighted by molar-refractivity contribution is 0.173. The number of sulfonamides is 1. The van der Waals surface area contributed by atoms with Crippen molar-refractivity contribution in [1.29, 1.82) is 0 Å². The molecule has 0 fully saturated rings. The van der Waals surface area contributed by atoms with E-state index >= 15 is 0 Å². The molecule has 1 aromatic heterocycles. The Morgan fingerprint density at radius 1 is 1.69 bits per heavy atom. The summed E-state index contributed by atoms with van der Waals surface area (Å²) in [6, 6.07) is -0.252. The average molecular weight is 312 g/mol. The van der Waals surface area contributed by atoms with Gasteiger partial charge >= 0.3 is 0 Å². The van der Waals surface area contributed by atoms with Crippen molar-refractivity contribution in [3.8, 4) is 0 Å². The molecule has 0 bridgehead atoms. The monoisotopic (exact) mass is 311 g/mol.